The number of rotatable bonds is 8. The summed E-state index contributed by atoms with van der Waals surface area (Å²) in [5, 5.41) is 3.69. The van der Waals surface area contributed by atoms with Crippen molar-refractivity contribution in [2.75, 3.05) is 11.9 Å². The minimum atomic E-state index is -0.330. The summed E-state index contributed by atoms with van der Waals surface area (Å²) < 4.78 is 5.25. The zero-order chi connectivity index (χ0) is 18.2. The molecule has 0 bridgehead atoms. The van der Waals surface area contributed by atoms with E-state index in [-0.39, 0.29) is 11.9 Å². The largest absolute Gasteiger partial charge is 0.462 e. The summed E-state index contributed by atoms with van der Waals surface area (Å²) in [6.07, 6.45) is 4.28. The molecule has 6 heteroatoms. The van der Waals surface area contributed by atoms with E-state index < -0.39 is 0 Å². The van der Waals surface area contributed by atoms with Crippen molar-refractivity contribution in [2.45, 2.75) is 46.5 Å². The van der Waals surface area contributed by atoms with Crippen molar-refractivity contribution in [2.24, 2.45) is 0 Å². The van der Waals surface area contributed by atoms with Crippen LogP contribution >= 0.6 is 11.3 Å². The number of ether oxygens (including phenoxy) is 1. The zero-order valence-corrected chi connectivity index (χ0v) is 15.7. The average molecular weight is 360 g/mol. The number of nitrogens with zero attached hydrogens (tertiary/aromatic N) is 1. The molecule has 0 atom stereocenters. The van der Waals surface area contributed by atoms with Crippen LogP contribution in [-0.2, 0) is 4.74 Å². The van der Waals surface area contributed by atoms with Gasteiger partial charge in [0.1, 0.15) is 4.88 Å². The molecule has 25 heavy (non-hydrogen) atoms. The summed E-state index contributed by atoms with van der Waals surface area (Å²) in [5.41, 5.74) is 1.84. The van der Waals surface area contributed by atoms with Gasteiger partial charge in [0.05, 0.1) is 22.9 Å². The standard InChI is InChI=1S/C19H24N2O3S/c1-4-5-6-7-12-24-19(23)15-8-10-16(11-9-15)21-18(22)17-13(2)20-14(3)25-17/h8-11H,4-7,12H2,1-3H3,(H,21,22). The first-order valence-electron chi connectivity index (χ1n) is 8.53. The number of hydrogen-bond acceptors (Lipinski definition) is 5. The van der Waals surface area contributed by atoms with Gasteiger partial charge in [0, 0.05) is 5.69 Å². The molecule has 0 saturated carbocycles. The van der Waals surface area contributed by atoms with Crippen LogP contribution < -0.4 is 5.32 Å². The molecule has 0 aliphatic heterocycles. The Morgan fingerprint density at radius 3 is 2.44 bits per heavy atom. The Bertz CT molecular complexity index is 723. The van der Waals surface area contributed by atoms with Crippen molar-refractivity contribution in [3.63, 3.8) is 0 Å². The molecule has 0 fully saturated rings. The average Bonchev–Trinajstić information content (AvgIpc) is 2.93. The van der Waals surface area contributed by atoms with E-state index in [0.29, 0.717) is 22.7 Å². The normalized spacial score (nSPS) is 10.5. The number of aryl methyl sites for hydroxylation is 2. The van der Waals surface area contributed by atoms with Crippen LogP contribution in [0, 0.1) is 13.8 Å². The molecule has 1 aromatic carbocycles. The van der Waals surface area contributed by atoms with Gasteiger partial charge in [-0.2, -0.15) is 0 Å². The Morgan fingerprint density at radius 1 is 1.12 bits per heavy atom. The number of hydrogen-bond donors (Lipinski definition) is 1. The maximum Gasteiger partial charge on any atom is 0.338 e. The number of benzene rings is 1. The van der Waals surface area contributed by atoms with Crippen molar-refractivity contribution >= 4 is 28.9 Å². The highest BCUT2D eigenvalue weighted by Gasteiger charge is 2.14. The van der Waals surface area contributed by atoms with E-state index >= 15 is 0 Å². The predicted molar refractivity (Wildman–Crippen MR) is 100 cm³/mol. The summed E-state index contributed by atoms with van der Waals surface area (Å²) in [7, 11) is 0. The number of carbonyl (C=O) groups excluding carboxylic acids is 2. The van der Waals surface area contributed by atoms with Crippen LogP contribution in [-0.4, -0.2) is 23.5 Å². The van der Waals surface area contributed by atoms with Gasteiger partial charge < -0.3 is 10.1 Å². The first-order chi connectivity index (χ1) is 12.0. The van der Waals surface area contributed by atoms with Crippen LogP contribution in [0.5, 0.6) is 0 Å². The van der Waals surface area contributed by atoms with E-state index in [1.54, 1.807) is 24.3 Å². The first-order valence-corrected chi connectivity index (χ1v) is 9.35. The molecule has 1 amide bonds. The van der Waals surface area contributed by atoms with Crippen molar-refractivity contribution in [3.05, 3.63) is 45.4 Å². The van der Waals surface area contributed by atoms with Gasteiger partial charge in [0.15, 0.2) is 0 Å². The lowest BCUT2D eigenvalue weighted by molar-refractivity contribution is 0.0498. The molecule has 0 unspecified atom stereocenters. The maximum atomic E-state index is 12.3. The molecule has 1 heterocycles. The van der Waals surface area contributed by atoms with Gasteiger partial charge >= 0.3 is 5.97 Å². The number of nitrogens with one attached hydrogen (secondary N) is 1. The van der Waals surface area contributed by atoms with E-state index in [0.717, 1.165) is 36.4 Å². The Morgan fingerprint density at radius 2 is 1.84 bits per heavy atom. The second-order valence-corrected chi connectivity index (χ2v) is 7.08. The zero-order valence-electron chi connectivity index (χ0n) is 14.9. The van der Waals surface area contributed by atoms with Crippen LogP contribution in [0.15, 0.2) is 24.3 Å². The van der Waals surface area contributed by atoms with Gasteiger partial charge in [-0.25, -0.2) is 9.78 Å². The first kappa shape index (κ1) is 19.1. The molecule has 5 nitrogen and oxygen atoms in total. The summed E-state index contributed by atoms with van der Waals surface area (Å²) in [5.74, 6) is -0.516. The third-order valence-corrected chi connectivity index (χ3v) is 4.79. The molecule has 0 spiro atoms. The van der Waals surface area contributed by atoms with Gasteiger partial charge in [0.2, 0.25) is 0 Å². The number of unbranched alkanes of at least 4 members (excludes halogenated alkanes) is 3. The minimum absolute atomic E-state index is 0.186. The molecule has 1 N–H and O–H groups in total. The Labute approximate surface area is 152 Å². The lowest BCUT2D eigenvalue weighted by Crippen LogP contribution is -2.12. The van der Waals surface area contributed by atoms with E-state index in [2.05, 4.69) is 17.2 Å². The fourth-order valence-electron chi connectivity index (χ4n) is 2.40. The Kier molecular flexibility index (Phi) is 7.13. The molecule has 0 radical (unpaired) electrons. The van der Waals surface area contributed by atoms with Crippen molar-refractivity contribution in [1.82, 2.24) is 4.98 Å². The summed E-state index contributed by atoms with van der Waals surface area (Å²) in [4.78, 5) is 29.1. The van der Waals surface area contributed by atoms with E-state index in [9.17, 15) is 9.59 Å². The van der Waals surface area contributed by atoms with Gasteiger partial charge in [-0.05, 0) is 44.5 Å². The van der Waals surface area contributed by atoms with Crippen LogP contribution in [0.4, 0.5) is 5.69 Å². The Balaban J connectivity index is 1.88. The molecule has 1 aromatic heterocycles. The number of anilines is 1. The van der Waals surface area contributed by atoms with E-state index in [4.69, 9.17) is 4.74 Å². The SMILES string of the molecule is CCCCCCOC(=O)c1ccc(NC(=O)c2sc(C)nc2C)cc1. The topological polar surface area (TPSA) is 68.3 Å². The minimum Gasteiger partial charge on any atom is -0.462 e. The number of aromatic nitrogens is 1. The van der Waals surface area contributed by atoms with Gasteiger partial charge in [-0.3, -0.25) is 4.79 Å². The smallest absolute Gasteiger partial charge is 0.338 e. The molecule has 134 valence electrons. The third kappa shape index (κ3) is 5.67. The molecule has 0 saturated heterocycles. The maximum absolute atomic E-state index is 12.3. The molecule has 2 rings (SSSR count). The van der Waals surface area contributed by atoms with Crippen molar-refractivity contribution in [1.29, 1.82) is 0 Å². The van der Waals surface area contributed by atoms with Crippen LogP contribution in [0.3, 0.4) is 0 Å². The number of thiazole rings is 1. The monoisotopic (exact) mass is 360 g/mol. The van der Waals surface area contributed by atoms with Crippen molar-refractivity contribution in [3.8, 4) is 0 Å². The van der Waals surface area contributed by atoms with Crippen LogP contribution in [0.25, 0.3) is 0 Å². The molecule has 0 aliphatic rings. The number of carbonyl (C=O) groups is 2. The van der Waals surface area contributed by atoms with Crippen LogP contribution in [0.1, 0.15) is 63.3 Å². The predicted octanol–water partition coefficient (Wildman–Crippen LogP) is 4.75. The quantitative estimate of drug-likeness (QED) is 0.545. The summed E-state index contributed by atoms with van der Waals surface area (Å²) in [6.45, 7) is 6.28. The summed E-state index contributed by atoms with van der Waals surface area (Å²) >= 11 is 1.37. The second kappa shape index (κ2) is 9.32. The van der Waals surface area contributed by atoms with Gasteiger partial charge in [0.25, 0.3) is 5.91 Å². The lowest BCUT2D eigenvalue weighted by atomic mass is 10.2. The van der Waals surface area contributed by atoms with Crippen LogP contribution in [0.2, 0.25) is 0 Å². The molecular weight excluding hydrogens is 336 g/mol. The summed E-state index contributed by atoms with van der Waals surface area (Å²) in [6, 6.07) is 6.73. The fraction of sp³-hybridized carbons (Fsp3) is 0.421. The second-order valence-electron chi connectivity index (χ2n) is 5.88. The highest BCUT2D eigenvalue weighted by atomic mass is 32.1. The van der Waals surface area contributed by atoms with Gasteiger partial charge in [-0.1, -0.05) is 26.2 Å². The fourth-order valence-corrected chi connectivity index (χ4v) is 3.21. The number of amides is 1. The molecular formula is C19H24N2O3S. The third-order valence-electron chi connectivity index (χ3n) is 3.72. The lowest BCUT2D eigenvalue weighted by Gasteiger charge is -2.07. The molecule has 0 aliphatic carbocycles. The molecule has 2 aromatic rings. The van der Waals surface area contributed by atoms with E-state index in [1.165, 1.54) is 11.3 Å². The van der Waals surface area contributed by atoms with E-state index in [1.807, 2.05) is 13.8 Å². The number of esters is 1. The Hall–Kier alpha value is -2.21. The highest BCUT2D eigenvalue weighted by Crippen LogP contribution is 2.19. The van der Waals surface area contributed by atoms with Crippen molar-refractivity contribution < 1.29 is 14.3 Å². The van der Waals surface area contributed by atoms with Gasteiger partial charge in [-0.15, -0.1) is 11.3 Å². The highest BCUT2D eigenvalue weighted by molar-refractivity contribution is 7.13.